The fourth-order valence-electron chi connectivity index (χ4n) is 1.75. The molecule has 2 aromatic rings. The number of hydrogen-bond acceptors (Lipinski definition) is 3. The quantitative estimate of drug-likeness (QED) is 0.833. The number of rotatable bonds is 5. The molecular formula is C14H15ClN2O2S. The van der Waals surface area contributed by atoms with Gasteiger partial charge in [0.2, 0.25) is 10.0 Å². The average Bonchev–Trinajstić information content (AvgIpc) is 2.43. The van der Waals surface area contributed by atoms with Crippen molar-refractivity contribution in [3.8, 4) is 0 Å². The van der Waals surface area contributed by atoms with E-state index in [9.17, 15) is 8.42 Å². The van der Waals surface area contributed by atoms with Crippen molar-refractivity contribution < 1.29 is 8.42 Å². The molecule has 0 atom stereocenters. The molecule has 2 aromatic carbocycles. The molecular weight excluding hydrogens is 296 g/mol. The summed E-state index contributed by atoms with van der Waals surface area (Å²) < 4.78 is 26.7. The van der Waals surface area contributed by atoms with Gasteiger partial charge in [0.1, 0.15) is 0 Å². The van der Waals surface area contributed by atoms with Crippen LogP contribution in [0.3, 0.4) is 0 Å². The minimum atomic E-state index is -3.56. The summed E-state index contributed by atoms with van der Waals surface area (Å²) >= 11 is 5.77. The monoisotopic (exact) mass is 310 g/mol. The molecule has 2 rings (SSSR count). The number of hydrogen-bond donors (Lipinski definition) is 2. The highest BCUT2D eigenvalue weighted by Gasteiger charge is 2.14. The molecule has 20 heavy (non-hydrogen) atoms. The zero-order chi connectivity index (χ0) is 14.6. The van der Waals surface area contributed by atoms with E-state index in [0.29, 0.717) is 18.0 Å². The predicted octanol–water partition coefficient (Wildman–Crippen LogP) is 2.44. The van der Waals surface area contributed by atoms with E-state index < -0.39 is 10.0 Å². The lowest BCUT2D eigenvalue weighted by molar-refractivity contribution is 0.581. The number of anilines is 1. The maximum Gasteiger partial charge on any atom is 0.240 e. The van der Waals surface area contributed by atoms with Gasteiger partial charge in [0, 0.05) is 6.54 Å². The van der Waals surface area contributed by atoms with Gasteiger partial charge in [-0.3, -0.25) is 0 Å². The first-order chi connectivity index (χ1) is 9.49. The number of nitrogens with one attached hydrogen (secondary N) is 1. The summed E-state index contributed by atoms with van der Waals surface area (Å²) in [6.07, 6.45) is 0.628. The first-order valence-corrected chi connectivity index (χ1v) is 7.94. The van der Waals surface area contributed by atoms with Crippen molar-refractivity contribution >= 4 is 27.3 Å². The highest BCUT2D eigenvalue weighted by molar-refractivity contribution is 7.89. The highest BCUT2D eigenvalue weighted by atomic mass is 35.5. The maximum absolute atomic E-state index is 12.1. The molecule has 0 amide bonds. The van der Waals surface area contributed by atoms with Crippen LogP contribution in [0.4, 0.5) is 5.69 Å². The molecule has 0 aromatic heterocycles. The summed E-state index contributed by atoms with van der Waals surface area (Å²) in [5.74, 6) is 0. The number of sulfonamides is 1. The smallest absolute Gasteiger partial charge is 0.240 e. The molecule has 0 heterocycles. The van der Waals surface area contributed by atoms with Crippen LogP contribution in [-0.4, -0.2) is 15.0 Å². The molecule has 4 nitrogen and oxygen atoms in total. The second-order valence-corrected chi connectivity index (χ2v) is 6.49. The zero-order valence-corrected chi connectivity index (χ0v) is 12.3. The summed E-state index contributed by atoms with van der Waals surface area (Å²) in [5.41, 5.74) is 6.94. The van der Waals surface area contributed by atoms with Crippen molar-refractivity contribution in [1.82, 2.24) is 4.72 Å². The third kappa shape index (κ3) is 3.72. The number of halogens is 1. The summed E-state index contributed by atoms with van der Waals surface area (Å²) in [6.45, 7) is 0.328. The van der Waals surface area contributed by atoms with Gasteiger partial charge in [-0.2, -0.15) is 0 Å². The lowest BCUT2D eigenvalue weighted by atomic mass is 10.2. The lowest BCUT2D eigenvalue weighted by Gasteiger charge is -2.08. The van der Waals surface area contributed by atoms with E-state index in [2.05, 4.69) is 4.72 Å². The van der Waals surface area contributed by atoms with Crippen molar-refractivity contribution in [2.45, 2.75) is 11.3 Å². The van der Waals surface area contributed by atoms with Crippen LogP contribution in [0.2, 0.25) is 5.02 Å². The van der Waals surface area contributed by atoms with E-state index in [1.54, 1.807) is 0 Å². The second kappa shape index (κ2) is 6.26. The van der Waals surface area contributed by atoms with Gasteiger partial charge in [-0.05, 0) is 30.2 Å². The van der Waals surface area contributed by atoms with E-state index in [1.165, 1.54) is 18.2 Å². The second-order valence-electron chi connectivity index (χ2n) is 4.32. The minimum Gasteiger partial charge on any atom is -0.397 e. The van der Waals surface area contributed by atoms with Crippen LogP contribution < -0.4 is 10.5 Å². The molecule has 0 aliphatic rings. The van der Waals surface area contributed by atoms with Crippen LogP contribution in [0, 0.1) is 0 Å². The molecule has 0 aliphatic carbocycles. The topological polar surface area (TPSA) is 72.2 Å². The molecule has 0 saturated carbocycles. The van der Waals surface area contributed by atoms with Gasteiger partial charge < -0.3 is 5.73 Å². The summed E-state index contributed by atoms with van der Waals surface area (Å²) in [5, 5.41) is 0.341. The average molecular weight is 311 g/mol. The van der Waals surface area contributed by atoms with Crippen LogP contribution in [-0.2, 0) is 16.4 Å². The molecule has 0 saturated heterocycles. The van der Waals surface area contributed by atoms with Crippen molar-refractivity contribution in [2.75, 3.05) is 12.3 Å². The molecule has 106 valence electrons. The molecule has 0 radical (unpaired) electrons. The van der Waals surface area contributed by atoms with Crippen molar-refractivity contribution in [2.24, 2.45) is 0 Å². The fraction of sp³-hybridized carbons (Fsp3) is 0.143. The van der Waals surface area contributed by atoms with E-state index in [4.69, 9.17) is 17.3 Å². The van der Waals surface area contributed by atoms with E-state index in [1.807, 2.05) is 30.3 Å². The van der Waals surface area contributed by atoms with Crippen LogP contribution in [0.1, 0.15) is 5.56 Å². The SMILES string of the molecule is Nc1cc(S(=O)(=O)NCCc2ccccc2)ccc1Cl. The molecule has 0 aliphatic heterocycles. The van der Waals surface area contributed by atoms with E-state index >= 15 is 0 Å². The summed E-state index contributed by atoms with van der Waals surface area (Å²) in [7, 11) is -3.56. The van der Waals surface area contributed by atoms with Gasteiger partial charge in [-0.15, -0.1) is 0 Å². The van der Waals surface area contributed by atoms with Crippen LogP contribution >= 0.6 is 11.6 Å². The first-order valence-electron chi connectivity index (χ1n) is 6.08. The highest BCUT2D eigenvalue weighted by Crippen LogP contribution is 2.22. The lowest BCUT2D eigenvalue weighted by Crippen LogP contribution is -2.26. The Balaban J connectivity index is 2.02. The largest absolute Gasteiger partial charge is 0.397 e. The Labute approximate surface area is 123 Å². The Morgan fingerprint density at radius 3 is 2.45 bits per heavy atom. The van der Waals surface area contributed by atoms with Gasteiger partial charge >= 0.3 is 0 Å². The third-order valence-electron chi connectivity index (χ3n) is 2.83. The van der Waals surface area contributed by atoms with E-state index in [0.717, 1.165) is 5.56 Å². The maximum atomic E-state index is 12.1. The first kappa shape index (κ1) is 14.8. The van der Waals surface area contributed by atoms with Gasteiger partial charge in [-0.1, -0.05) is 41.9 Å². The van der Waals surface area contributed by atoms with Crippen molar-refractivity contribution in [3.63, 3.8) is 0 Å². The Morgan fingerprint density at radius 1 is 1.10 bits per heavy atom. The molecule has 3 N–H and O–H groups in total. The van der Waals surface area contributed by atoms with Gasteiger partial charge in [0.15, 0.2) is 0 Å². The number of nitrogens with two attached hydrogens (primary N) is 1. The molecule has 0 bridgehead atoms. The van der Waals surface area contributed by atoms with E-state index in [-0.39, 0.29) is 10.6 Å². The van der Waals surface area contributed by atoms with Gasteiger partial charge in [0.25, 0.3) is 0 Å². The Kier molecular flexibility index (Phi) is 4.65. The third-order valence-corrected chi connectivity index (χ3v) is 4.63. The normalized spacial score (nSPS) is 11.4. The molecule has 0 spiro atoms. The van der Waals surface area contributed by atoms with Crippen LogP contribution in [0.5, 0.6) is 0 Å². The predicted molar refractivity (Wildman–Crippen MR) is 81.2 cm³/mol. The molecule has 6 heteroatoms. The van der Waals surface area contributed by atoms with Crippen LogP contribution in [0.25, 0.3) is 0 Å². The molecule has 0 unspecified atom stereocenters. The fourth-order valence-corrected chi connectivity index (χ4v) is 2.93. The standard InChI is InChI=1S/C14H15ClN2O2S/c15-13-7-6-12(10-14(13)16)20(18,19)17-9-8-11-4-2-1-3-5-11/h1-7,10,17H,8-9,16H2. The van der Waals surface area contributed by atoms with Gasteiger partial charge in [-0.25, -0.2) is 13.1 Å². The Bertz CT molecular complexity index is 688. The summed E-state index contributed by atoms with van der Waals surface area (Å²) in [4.78, 5) is 0.118. The number of benzene rings is 2. The minimum absolute atomic E-state index is 0.118. The van der Waals surface area contributed by atoms with Crippen LogP contribution in [0.15, 0.2) is 53.4 Å². The zero-order valence-electron chi connectivity index (χ0n) is 10.7. The van der Waals surface area contributed by atoms with Crippen molar-refractivity contribution in [1.29, 1.82) is 0 Å². The van der Waals surface area contributed by atoms with Crippen molar-refractivity contribution in [3.05, 3.63) is 59.1 Å². The Morgan fingerprint density at radius 2 is 1.80 bits per heavy atom. The number of nitrogen functional groups attached to an aromatic ring is 1. The summed E-state index contributed by atoms with van der Waals surface area (Å²) in [6, 6.07) is 13.9. The molecule has 0 fully saturated rings. The Hall–Kier alpha value is -1.56. The van der Waals surface area contributed by atoms with Gasteiger partial charge in [0.05, 0.1) is 15.6 Å².